The molecule has 12 heavy (non-hydrogen) atoms. The predicted octanol–water partition coefficient (Wildman–Crippen LogP) is 1.75. The van der Waals surface area contributed by atoms with Gasteiger partial charge in [0, 0.05) is 24.1 Å². The van der Waals surface area contributed by atoms with Gasteiger partial charge in [0.1, 0.15) is 0 Å². The minimum atomic E-state index is -0.721. The maximum Gasteiger partial charge on any atom is 0.308 e. The Bertz CT molecular complexity index is 299. The lowest BCUT2D eigenvalue weighted by molar-refractivity contribution is 0.538. The molecule has 0 saturated carbocycles. The molecule has 1 aromatic rings. The van der Waals surface area contributed by atoms with Crippen LogP contribution in [0.3, 0.4) is 0 Å². The number of alkyl halides is 1. The van der Waals surface area contributed by atoms with Gasteiger partial charge in [0.05, 0.1) is 5.56 Å². The maximum absolute atomic E-state index is 12.2. The van der Waals surface area contributed by atoms with Crippen molar-refractivity contribution in [2.24, 2.45) is 0 Å². The summed E-state index contributed by atoms with van der Waals surface area (Å²) in [5.41, 5.74) is 0.636. The summed E-state index contributed by atoms with van der Waals surface area (Å²) in [7, 11) is 0. The van der Waals surface area contributed by atoms with Crippen molar-refractivity contribution in [2.45, 2.75) is 6.42 Å². The number of hydrogen-bond donors (Lipinski definition) is 0. The number of nitrogens with zero attached hydrogens (tertiary/aromatic N) is 2. The highest BCUT2D eigenvalue weighted by molar-refractivity contribution is 9.09. The zero-order chi connectivity index (χ0) is 8.81. The van der Waals surface area contributed by atoms with Gasteiger partial charge in [-0.1, -0.05) is 27.8 Å². The van der Waals surface area contributed by atoms with Crippen molar-refractivity contribution in [2.75, 3.05) is 5.33 Å². The Hall–Kier alpha value is -0.950. The van der Waals surface area contributed by atoms with Crippen LogP contribution in [0, 0.1) is 17.9 Å². The zero-order valence-electron chi connectivity index (χ0n) is 6.22. The van der Waals surface area contributed by atoms with Gasteiger partial charge < -0.3 is 0 Å². The molecule has 0 aromatic carbocycles. The van der Waals surface area contributed by atoms with Crippen molar-refractivity contribution in [3.05, 3.63) is 24.0 Å². The van der Waals surface area contributed by atoms with Crippen molar-refractivity contribution < 1.29 is 4.39 Å². The van der Waals surface area contributed by atoms with Gasteiger partial charge in [-0.2, -0.15) is 4.39 Å². The molecule has 0 atom stereocenters. The highest BCUT2D eigenvalue weighted by Crippen LogP contribution is 1.92. The Labute approximate surface area is 78.4 Å². The Balaban J connectivity index is 2.66. The van der Waals surface area contributed by atoms with Gasteiger partial charge in [0.2, 0.25) is 0 Å². The van der Waals surface area contributed by atoms with E-state index in [0.29, 0.717) is 5.56 Å². The molecule has 0 aliphatic carbocycles. The van der Waals surface area contributed by atoms with Gasteiger partial charge in [0.25, 0.3) is 0 Å². The molecule has 1 heterocycles. The van der Waals surface area contributed by atoms with Crippen molar-refractivity contribution in [1.29, 1.82) is 0 Å². The molecule has 0 spiro atoms. The molecule has 0 aliphatic heterocycles. The standard InChI is InChI=1S/C8H6BrFN2/c9-4-2-1-3-7-5-11-8(10)12-6-7/h5-6H,2,4H2. The minimum absolute atomic E-state index is 0.636. The second-order valence-electron chi connectivity index (χ2n) is 1.98. The van der Waals surface area contributed by atoms with Crippen LogP contribution in [0.15, 0.2) is 12.4 Å². The maximum atomic E-state index is 12.2. The van der Waals surface area contributed by atoms with Crippen molar-refractivity contribution in [1.82, 2.24) is 9.97 Å². The van der Waals surface area contributed by atoms with E-state index in [-0.39, 0.29) is 0 Å². The molecule has 0 saturated heterocycles. The third-order valence-electron chi connectivity index (χ3n) is 1.07. The smallest absolute Gasteiger partial charge is 0.209 e. The average molecular weight is 229 g/mol. The molecular weight excluding hydrogens is 223 g/mol. The quantitative estimate of drug-likeness (QED) is 0.416. The fourth-order valence-corrected chi connectivity index (χ4v) is 0.787. The van der Waals surface area contributed by atoms with E-state index in [4.69, 9.17) is 0 Å². The highest BCUT2D eigenvalue weighted by Gasteiger charge is 1.90. The van der Waals surface area contributed by atoms with Crippen LogP contribution in [-0.4, -0.2) is 15.3 Å². The predicted molar refractivity (Wildman–Crippen MR) is 47.3 cm³/mol. The Morgan fingerprint density at radius 1 is 1.42 bits per heavy atom. The molecule has 4 heteroatoms. The number of aromatic nitrogens is 2. The highest BCUT2D eigenvalue weighted by atomic mass is 79.9. The van der Waals surface area contributed by atoms with Gasteiger partial charge in [-0.25, -0.2) is 9.97 Å². The van der Waals surface area contributed by atoms with Crippen molar-refractivity contribution >= 4 is 15.9 Å². The summed E-state index contributed by atoms with van der Waals surface area (Å²) >= 11 is 3.24. The average Bonchev–Trinajstić information content (AvgIpc) is 2.09. The molecule has 0 radical (unpaired) electrons. The van der Waals surface area contributed by atoms with Gasteiger partial charge in [-0.05, 0) is 0 Å². The van der Waals surface area contributed by atoms with Crippen molar-refractivity contribution in [3.8, 4) is 11.8 Å². The van der Waals surface area contributed by atoms with Crippen molar-refractivity contribution in [3.63, 3.8) is 0 Å². The lowest BCUT2D eigenvalue weighted by Crippen LogP contribution is -1.87. The summed E-state index contributed by atoms with van der Waals surface area (Å²) in [4.78, 5) is 6.73. The lowest BCUT2D eigenvalue weighted by atomic mass is 10.3. The molecule has 62 valence electrons. The van der Waals surface area contributed by atoms with Crippen LogP contribution in [0.5, 0.6) is 0 Å². The first-order valence-electron chi connectivity index (χ1n) is 3.35. The van der Waals surface area contributed by atoms with E-state index in [9.17, 15) is 4.39 Å². The first kappa shape index (κ1) is 9.14. The van der Waals surface area contributed by atoms with Crippen LogP contribution in [0.25, 0.3) is 0 Å². The number of hydrogen-bond acceptors (Lipinski definition) is 2. The number of halogens is 2. The van der Waals surface area contributed by atoms with E-state index in [1.165, 1.54) is 12.4 Å². The summed E-state index contributed by atoms with van der Waals surface area (Å²) < 4.78 is 12.2. The molecule has 1 aromatic heterocycles. The summed E-state index contributed by atoms with van der Waals surface area (Å²) in [6, 6.07) is 0. The second-order valence-corrected chi connectivity index (χ2v) is 2.77. The van der Waals surface area contributed by atoms with E-state index in [0.717, 1.165) is 11.8 Å². The van der Waals surface area contributed by atoms with Crippen LogP contribution in [-0.2, 0) is 0 Å². The van der Waals surface area contributed by atoms with Crippen LogP contribution >= 0.6 is 15.9 Å². The molecular formula is C8H6BrFN2. The third-order valence-corrected chi connectivity index (χ3v) is 1.47. The van der Waals surface area contributed by atoms with Crippen LogP contribution < -0.4 is 0 Å². The Morgan fingerprint density at radius 2 is 2.08 bits per heavy atom. The first-order chi connectivity index (χ1) is 5.83. The molecule has 0 unspecified atom stereocenters. The van der Waals surface area contributed by atoms with Gasteiger partial charge in [-0.15, -0.1) is 0 Å². The minimum Gasteiger partial charge on any atom is -0.209 e. The lowest BCUT2D eigenvalue weighted by Gasteiger charge is -1.86. The molecule has 0 bridgehead atoms. The van der Waals surface area contributed by atoms with Gasteiger partial charge in [-0.3, -0.25) is 0 Å². The van der Waals surface area contributed by atoms with E-state index < -0.39 is 6.08 Å². The molecule has 2 nitrogen and oxygen atoms in total. The zero-order valence-corrected chi connectivity index (χ0v) is 7.81. The van der Waals surface area contributed by atoms with E-state index >= 15 is 0 Å². The van der Waals surface area contributed by atoms with E-state index in [1.807, 2.05) is 0 Å². The van der Waals surface area contributed by atoms with E-state index in [2.05, 4.69) is 37.7 Å². The van der Waals surface area contributed by atoms with E-state index in [1.54, 1.807) is 0 Å². The van der Waals surface area contributed by atoms with Crippen LogP contribution in [0.4, 0.5) is 4.39 Å². The van der Waals surface area contributed by atoms with Crippen LogP contribution in [0.2, 0.25) is 0 Å². The fourth-order valence-electron chi connectivity index (χ4n) is 0.589. The summed E-state index contributed by atoms with van der Waals surface area (Å²) in [5.74, 6) is 5.67. The summed E-state index contributed by atoms with van der Waals surface area (Å²) in [5, 5.41) is 0.835. The Morgan fingerprint density at radius 3 is 2.67 bits per heavy atom. The molecule has 0 amide bonds. The Kier molecular flexibility index (Phi) is 3.68. The summed E-state index contributed by atoms with van der Waals surface area (Å²) in [6.45, 7) is 0. The topological polar surface area (TPSA) is 25.8 Å². The third kappa shape index (κ3) is 2.97. The van der Waals surface area contributed by atoms with Gasteiger partial charge >= 0.3 is 6.08 Å². The molecule has 0 fully saturated rings. The number of rotatable bonds is 1. The normalized spacial score (nSPS) is 8.83. The summed E-state index contributed by atoms with van der Waals surface area (Å²) in [6.07, 6.45) is 2.77. The molecule has 0 N–H and O–H groups in total. The SMILES string of the molecule is Fc1ncc(C#CCCBr)cn1. The largest absolute Gasteiger partial charge is 0.308 e. The molecule has 1 rings (SSSR count). The first-order valence-corrected chi connectivity index (χ1v) is 4.47. The fraction of sp³-hybridized carbons (Fsp3) is 0.250. The second kappa shape index (κ2) is 4.83. The monoisotopic (exact) mass is 228 g/mol. The van der Waals surface area contributed by atoms with Crippen LogP contribution in [0.1, 0.15) is 12.0 Å². The van der Waals surface area contributed by atoms with Gasteiger partial charge in [0.15, 0.2) is 0 Å². The molecule has 0 aliphatic rings.